The van der Waals surface area contributed by atoms with Crippen molar-refractivity contribution in [3.05, 3.63) is 76.9 Å². The van der Waals surface area contributed by atoms with Crippen molar-refractivity contribution < 1.29 is 5.11 Å². The van der Waals surface area contributed by atoms with Crippen LogP contribution >= 0.6 is 11.6 Å². The van der Waals surface area contributed by atoms with Crippen molar-refractivity contribution in [3.63, 3.8) is 0 Å². The van der Waals surface area contributed by atoms with Gasteiger partial charge in [0, 0.05) is 21.4 Å². The molecule has 0 saturated heterocycles. The molecule has 31 heavy (non-hydrogen) atoms. The Bertz CT molecular complexity index is 1430. The number of pyridine rings is 1. The average molecular weight is 429 g/mol. The highest BCUT2D eigenvalue weighted by Crippen LogP contribution is 2.41. The Morgan fingerprint density at radius 2 is 1.52 bits per heavy atom. The van der Waals surface area contributed by atoms with E-state index in [9.17, 15) is 5.11 Å². The molecule has 0 amide bonds. The lowest BCUT2D eigenvalue weighted by Crippen LogP contribution is -2.03. The molecule has 2 aromatic heterocycles. The number of para-hydroxylation sites is 1. The third-order valence-electron chi connectivity index (χ3n) is 6.11. The first-order valence-electron chi connectivity index (χ1n) is 10.7. The summed E-state index contributed by atoms with van der Waals surface area (Å²) in [5.41, 5.74) is 6.64. The number of aromatic hydroxyl groups is 1. The minimum atomic E-state index is 0.242. The van der Waals surface area contributed by atoms with Crippen LogP contribution in [0.4, 0.5) is 0 Å². The van der Waals surface area contributed by atoms with Crippen LogP contribution in [0.2, 0.25) is 5.02 Å². The van der Waals surface area contributed by atoms with Crippen LogP contribution in [0.3, 0.4) is 0 Å². The van der Waals surface area contributed by atoms with Gasteiger partial charge in [0.1, 0.15) is 11.4 Å². The van der Waals surface area contributed by atoms with Crippen molar-refractivity contribution in [1.82, 2.24) is 9.38 Å². The van der Waals surface area contributed by atoms with Crippen molar-refractivity contribution in [3.8, 4) is 17.0 Å². The maximum Gasteiger partial charge on any atom is 0.145 e. The molecule has 0 unspecified atom stereocenters. The topological polar surface area (TPSA) is 37.5 Å². The van der Waals surface area contributed by atoms with Gasteiger partial charge in [0.05, 0.1) is 17.4 Å². The van der Waals surface area contributed by atoms with Gasteiger partial charge >= 0.3 is 0 Å². The van der Waals surface area contributed by atoms with E-state index >= 15 is 0 Å². The van der Waals surface area contributed by atoms with Crippen molar-refractivity contribution in [1.29, 1.82) is 0 Å². The Morgan fingerprint density at radius 1 is 0.839 bits per heavy atom. The first-order valence-corrected chi connectivity index (χ1v) is 11.1. The summed E-state index contributed by atoms with van der Waals surface area (Å²) in [7, 11) is 0. The Labute approximate surface area is 186 Å². The summed E-state index contributed by atoms with van der Waals surface area (Å²) in [5.74, 6) is 0.867. The van der Waals surface area contributed by atoms with Gasteiger partial charge in [-0.25, -0.2) is 4.98 Å². The number of benzene rings is 3. The molecule has 0 aliphatic heterocycles. The van der Waals surface area contributed by atoms with Gasteiger partial charge in [0.2, 0.25) is 0 Å². The second kappa shape index (κ2) is 7.28. The van der Waals surface area contributed by atoms with Crippen LogP contribution < -0.4 is 0 Å². The summed E-state index contributed by atoms with van der Waals surface area (Å²) in [6.07, 6.45) is 1.96. The Kier molecular flexibility index (Phi) is 4.67. The molecule has 0 bridgehead atoms. The summed E-state index contributed by atoms with van der Waals surface area (Å²) >= 11 is 6.53. The number of hydrogen-bond donors (Lipinski definition) is 1. The van der Waals surface area contributed by atoms with Gasteiger partial charge in [-0.15, -0.1) is 0 Å². The predicted octanol–water partition coefficient (Wildman–Crippen LogP) is 7.91. The molecule has 1 N–H and O–H groups in total. The summed E-state index contributed by atoms with van der Waals surface area (Å²) in [6.45, 7) is 8.81. The number of phenols is 1. The molecule has 0 aliphatic carbocycles. The molecule has 156 valence electrons. The molecule has 4 heteroatoms. The van der Waals surface area contributed by atoms with Crippen LogP contribution in [-0.4, -0.2) is 14.5 Å². The van der Waals surface area contributed by atoms with Crippen molar-refractivity contribution in [2.45, 2.75) is 39.5 Å². The predicted molar refractivity (Wildman–Crippen MR) is 130 cm³/mol. The van der Waals surface area contributed by atoms with Crippen LogP contribution in [-0.2, 0) is 0 Å². The summed E-state index contributed by atoms with van der Waals surface area (Å²) in [5, 5.41) is 14.1. The lowest BCUT2D eigenvalue weighted by Gasteiger charge is -2.21. The maximum atomic E-state index is 10.2. The SMILES string of the molecule is CC(C)c1cc(Cl)cc(C(C)C)c1-c1cnc2c3cc(O)ccc3c3ccccc3n12. The highest BCUT2D eigenvalue weighted by Gasteiger charge is 2.22. The van der Waals surface area contributed by atoms with Crippen LogP contribution in [0.1, 0.15) is 50.7 Å². The Morgan fingerprint density at radius 3 is 2.19 bits per heavy atom. The lowest BCUT2D eigenvalue weighted by molar-refractivity contribution is 0.476. The molecule has 0 aliphatic rings. The fraction of sp³-hybridized carbons (Fsp3) is 0.222. The Hall–Kier alpha value is -3.04. The zero-order chi connectivity index (χ0) is 21.9. The first-order chi connectivity index (χ1) is 14.9. The van der Waals surface area contributed by atoms with E-state index in [4.69, 9.17) is 16.6 Å². The first kappa shape index (κ1) is 19.9. The number of hydrogen-bond acceptors (Lipinski definition) is 2. The summed E-state index contributed by atoms with van der Waals surface area (Å²) in [4.78, 5) is 4.86. The number of fused-ring (bicyclic) bond motifs is 6. The monoisotopic (exact) mass is 428 g/mol. The normalized spacial score (nSPS) is 12.1. The lowest BCUT2D eigenvalue weighted by atomic mass is 9.87. The molecule has 5 rings (SSSR count). The van der Waals surface area contributed by atoms with E-state index < -0.39 is 0 Å². The van der Waals surface area contributed by atoms with Crippen molar-refractivity contribution in [2.75, 3.05) is 0 Å². The third-order valence-corrected chi connectivity index (χ3v) is 6.32. The Balaban J connectivity index is 2.01. The number of halogens is 1. The number of imidazole rings is 1. The standard InChI is InChI=1S/C27H25ClN2O/c1-15(2)21-11-17(28)12-22(16(3)4)26(21)25-14-29-27-23-13-18(31)9-10-19(23)20-7-5-6-8-24(20)30(25)27/h5-16,31H,1-4H3. The van der Waals surface area contributed by atoms with Gasteiger partial charge in [-0.1, -0.05) is 57.5 Å². The zero-order valence-corrected chi connectivity index (χ0v) is 18.9. The number of nitrogens with zero attached hydrogens (tertiary/aromatic N) is 2. The van der Waals surface area contributed by atoms with Crippen molar-refractivity contribution >= 4 is 38.9 Å². The smallest absolute Gasteiger partial charge is 0.145 e. The second-order valence-electron chi connectivity index (χ2n) is 8.82. The second-order valence-corrected chi connectivity index (χ2v) is 9.25. The minimum Gasteiger partial charge on any atom is -0.508 e. The molecule has 3 aromatic carbocycles. The number of aromatic nitrogens is 2. The van der Waals surface area contributed by atoms with Gasteiger partial charge < -0.3 is 5.11 Å². The maximum absolute atomic E-state index is 10.2. The number of phenolic OH excluding ortho intramolecular Hbond substituents is 1. The van der Waals surface area contributed by atoms with E-state index in [1.807, 2.05) is 18.3 Å². The molecule has 0 radical (unpaired) electrons. The molecular formula is C27H25ClN2O. The molecular weight excluding hydrogens is 404 g/mol. The van der Waals surface area contributed by atoms with Gasteiger partial charge in [0.25, 0.3) is 0 Å². The average Bonchev–Trinajstić information content (AvgIpc) is 3.18. The fourth-order valence-electron chi connectivity index (χ4n) is 4.67. The van der Waals surface area contributed by atoms with Gasteiger partial charge in [-0.2, -0.15) is 0 Å². The fourth-order valence-corrected chi connectivity index (χ4v) is 4.90. The quantitative estimate of drug-likeness (QED) is 0.296. The molecule has 5 aromatic rings. The van der Waals surface area contributed by atoms with Crippen molar-refractivity contribution in [2.24, 2.45) is 0 Å². The van der Waals surface area contributed by atoms with Crippen LogP contribution in [0.25, 0.3) is 38.6 Å². The summed E-state index contributed by atoms with van der Waals surface area (Å²) < 4.78 is 2.23. The van der Waals surface area contributed by atoms with E-state index in [2.05, 4.69) is 68.5 Å². The van der Waals surface area contributed by atoms with E-state index in [0.29, 0.717) is 11.8 Å². The molecule has 3 nitrogen and oxygen atoms in total. The molecule has 0 fully saturated rings. The van der Waals surface area contributed by atoms with Crippen LogP contribution in [0.15, 0.2) is 60.8 Å². The summed E-state index contributed by atoms with van der Waals surface area (Å²) in [6, 6.07) is 18.1. The van der Waals surface area contributed by atoms with E-state index in [1.165, 1.54) is 16.7 Å². The highest BCUT2D eigenvalue weighted by atomic mass is 35.5. The van der Waals surface area contributed by atoms with E-state index in [-0.39, 0.29) is 5.75 Å². The van der Waals surface area contributed by atoms with Gasteiger partial charge in [-0.05, 0) is 64.7 Å². The molecule has 0 spiro atoms. The van der Waals surface area contributed by atoms with E-state index in [1.54, 1.807) is 6.07 Å². The number of rotatable bonds is 3. The van der Waals surface area contributed by atoms with Crippen LogP contribution in [0.5, 0.6) is 5.75 Å². The largest absolute Gasteiger partial charge is 0.508 e. The van der Waals surface area contributed by atoms with E-state index in [0.717, 1.165) is 38.0 Å². The molecule has 2 heterocycles. The minimum absolute atomic E-state index is 0.242. The van der Waals surface area contributed by atoms with Crippen LogP contribution in [0, 0.1) is 0 Å². The van der Waals surface area contributed by atoms with Gasteiger partial charge in [-0.3, -0.25) is 4.40 Å². The molecule has 0 atom stereocenters. The zero-order valence-electron chi connectivity index (χ0n) is 18.1. The highest BCUT2D eigenvalue weighted by molar-refractivity contribution is 6.30. The third kappa shape index (κ3) is 3.07. The molecule has 0 saturated carbocycles. The van der Waals surface area contributed by atoms with Gasteiger partial charge in [0.15, 0.2) is 0 Å².